The monoisotopic (exact) mass is 247 g/mol. The fourth-order valence-corrected chi connectivity index (χ4v) is 2.79. The summed E-state index contributed by atoms with van der Waals surface area (Å²) < 4.78 is 11.8. The zero-order valence-corrected chi connectivity index (χ0v) is 10.9. The van der Waals surface area contributed by atoms with E-state index in [1.54, 1.807) is 0 Å². The van der Waals surface area contributed by atoms with E-state index in [2.05, 4.69) is 0 Å². The number of hydrogen-bond acceptors (Lipinski definition) is 2. The zero-order valence-electron chi connectivity index (χ0n) is 10.0. The lowest BCUT2D eigenvalue weighted by Gasteiger charge is -2.16. The Bertz CT molecular complexity index is 411. The van der Waals surface area contributed by atoms with Crippen LogP contribution in [0.5, 0.6) is 11.5 Å². The summed E-state index contributed by atoms with van der Waals surface area (Å²) in [5.41, 5.74) is 0. The molecule has 0 fully saturated rings. The molecule has 0 aliphatic rings. The van der Waals surface area contributed by atoms with Crippen molar-refractivity contribution >= 4 is 7.72 Å². The van der Waals surface area contributed by atoms with Crippen LogP contribution in [0.3, 0.4) is 0 Å². The third-order valence-electron chi connectivity index (χ3n) is 2.14. The minimum Gasteiger partial charge on any atom is -0.311 e. The molecule has 3 heteroatoms. The van der Waals surface area contributed by atoms with E-state index in [1.165, 1.54) is 0 Å². The maximum absolute atomic E-state index is 5.89. The lowest BCUT2D eigenvalue weighted by molar-refractivity contribution is 0.475. The van der Waals surface area contributed by atoms with Crippen molar-refractivity contribution in [2.24, 2.45) is 0 Å². The highest BCUT2D eigenvalue weighted by Gasteiger charge is 2.31. The van der Waals surface area contributed by atoms with Gasteiger partial charge in [0, 0.05) is 0 Å². The van der Waals surface area contributed by atoms with Crippen LogP contribution >= 0.6 is 7.72 Å². The van der Waals surface area contributed by atoms with Crippen LogP contribution in [-0.2, 0) is 0 Å². The Labute approximate surface area is 103 Å². The van der Waals surface area contributed by atoms with Gasteiger partial charge in [0.1, 0.15) is 13.3 Å². The molecule has 0 radical (unpaired) electrons. The molecule has 0 aliphatic heterocycles. The summed E-state index contributed by atoms with van der Waals surface area (Å²) in [5.74, 6) is 1.70. The Kier molecular flexibility index (Phi) is 3.65. The van der Waals surface area contributed by atoms with Gasteiger partial charge >= 0.3 is 7.72 Å². The van der Waals surface area contributed by atoms with Gasteiger partial charge in [0.05, 0.1) is 0 Å². The molecule has 2 rings (SSSR count). The summed E-state index contributed by atoms with van der Waals surface area (Å²) in [5, 5.41) is 0. The molecule has 0 unspecified atom stereocenters. The van der Waals surface area contributed by atoms with Crippen LogP contribution < -0.4 is 9.05 Å². The topological polar surface area (TPSA) is 18.5 Å². The molecule has 0 saturated carbocycles. The van der Waals surface area contributed by atoms with Crippen molar-refractivity contribution in [3.8, 4) is 11.5 Å². The van der Waals surface area contributed by atoms with E-state index in [0.717, 1.165) is 11.5 Å². The normalized spacial score (nSPS) is 10.9. The van der Waals surface area contributed by atoms with E-state index in [1.807, 2.05) is 74.0 Å². The van der Waals surface area contributed by atoms with Gasteiger partial charge in [-0.25, -0.2) is 0 Å². The highest BCUT2D eigenvalue weighted by molar-refractivity contribution is 7.65. The molecule has 0 bridgehead atoms. The number of benzene rings is 2. The van der Waals surface area contributed by atoms with Gasteiger partial charge in [0.15, 0.2) is 11.5 Å². The number of rotatable bonds is 4. The molecule has 0 atom stereocenters. The minimum atomic E-state index is -1.89. The highest BCUT2D eigenvalue weighted by atomic mass is 31.2. The molecule has 0 spiro atoms. The first-order chi connectivity index (χ1) is 8.16. The Morgan fingerprint density at radius 2 is 1.00 bits per heavy atom. The fourth-order valence-electron chi connectivity index (χ4n) is 1.49. The van der Waals surface area contributed by atoms with Crippen LogP contribution in [0.1, 0.15) is 0 Å². The fraction of sp³-hybridized carbons (Fsp3) is 0.143. The van der Waals surface area contributed by atoms with Gasteiger partial charge in [0.2, 0.25) is 0 Å². The van der Waals surface area contributed by atoms with E-state index in [9.17, 15) is 0 Å². The molecule has 0 saturated heterocycles. The van der Waals surface area contributed by atoms with Gasteiger partial charge in [-0.15, -0.1) is 0 Å². The van der Waals surface area contributed by atoms with Gasteiger partial charge in [0.25, 0.3) is 0 Å². The van der Waals surface area contributed by atoms with E-state index in [4.69, 9.17) is 9.05 Å². The summed E-state index contributed by atoms with van der Waals surface area (Å²) in [7, 11) is -1.89. The van der Waals surface area contributed by atoms with Gasteiger partial charge in [-0.1, -0.05) is 36.4 Å². The zero-order chi connectivity index (χ0) is 12.1. The largest absolute Gasteiger partial charge is 0.358 e. The summed E-state index contributed by atoms with van der Waals surface area (Å²) in [4.78, 5) is 0. The summed E-state index contributed by atoms with van der Waals surface area (Å²) in [6, 6.07) is 19.5. The van der Waals surface area contributed by atoms with Crippen LogP contribution in [0.15, 0.2) is 60.7 Å². The minimum absolute atomic E-state index is 0.849. The summed E-state index contributed by atoms with van der Waals surface area (Å²) >= 11 is 0. The SMILES string of the molecule is C[P+](C)(Oc1ccccc1)Oc1ccccc1. The molecule has 0 aliphatic carbocycles. The van der Waals surface area contributed by atoms with Gasteiger partial charge in [-0.2, -0.15) is 0 Å². The predicted octanol–water partition coefficient (Wildman–Crippen LogP) is 4.25. The van der Waals surface area contributed by atoms with Crippen LogP contribution in [-0.4, -0.2) is 13.3 Å². The van der Waals surface area contributed by atoms with E-state index in [0.29, 0.717) is 0 Å². The molecule has 2 nitrogen and oxygen atoms in total. The Balaban J connectivity index is 2.04. The molecule has 0 N–H and O–H groups in total. The molecular weight excluding hydrogens is 231 g/mol. The van der Waals surface area contributed by atoms with E-state index in [-0.39, 0.29) is 0 Å². The third kappa shape index (κ3) is 3.76. The second-order valence-corrected chi connectivity index (χ2v) is 6.93. The standard InChI is InChI=1S/C14H16O2P/c1-17(2,15-13-9-5-3-6-10-13)16-14-11-7-4-8-12-14/h3-12H,1-2H3/q+1. The Morgan fingerprint density at radius 3 is 1.35 bits per heavy atom. The lowest BCUT2D eigenvalue weighted by Crippen LogP contribution is -2.05. The van der Waals surface area contributed by atoms with Crippen molar-refractivity contribution < 1.29 is 9.05 Å². The van der Waals surface area contributed by atoms with Gasteiger partial charge in [-0.3, -0.25) is 0 Å². The first-order valence-electron chi connectivity index (χ1n) is 5.49. The molecule has 2 aromatic carbocycles. The van der Waals surface area contributed by atoms with Crippen molar-refractivity contribution in [1.29, 1.82) is 0 Å². The molecular formula is C14H16O2P+. The second kappa shape index (κ2) is 5.20. The smallest absolute Gasteiger partial charge is 0.311 e. The van der Waals surface area contributed by atoms with E-state index >= 15 is 0 Å². The van der Waals surface area contributed by atoms with Crippen molar-refractivity contribution in [3.63, 3.8) is 0 Å². The summed E-state index contributed by atoms with van der Waals surface area (Å²) in [6.07, 6.45) is 0. The molecule has 88 valence electrons. The average molecular weight is 247 g/mol. The maximum Gasteiger partial charge on any atom is 0.358 e. The first-order valence-corrected chi connectivity index (χ1v) is 8.01. The van der Waals surface area contributed by atoms with Crippen LogP contribution in [0.4, 0.5) is 0 Å². The van der Waals surface area contributed by atoms with Crippen molar-refractivity contribution in [1.82, 2.24) is 0 Å². The molecule has 17 heavy (non-hydrogen) atoms. The summed E-state index contributed by atoms with van der Waals surface area (Å²) in [6.45, 7) is 4.01. The average Bonchev–Trinajstić information content (AvgIpc) is 2.30. The molecule has 0 amide bonds. The number of para-hydroxylation sites is 2. The Morgan fingerprint density at radius 1 is 0.647 bits per heavy atom. The van der Waals surface area contributed by atoms with Crippen LogP contribution in [0.25, 0.3) is 0 Å². The first kappa shape index (κ1) is 11.9. The van der Waals surface area contributed by atoms with Gasteiger partial charge in [-0.05, 0) is 24.3 Å². The van der Waals surface area contributed by atoms with Crippen LogP contribution in [0, 0.1) is 0 Å². The Hall–Kier alpha value is -1.53. The third-order valence-corrected chi connectivity index (χ3v) is 3.44. The molecule has 0 aromatic heterocycles. The van der Waals surface area contributed by atoms with E-state index < -0.39 is 7.72 Å². The van der Waals surface area contributed by atoms with Crippen molar-refractivity contribution in [3.05, 3.63) is 60.7 Å². The predicted molar refractivity (Wildman–Crippen MR) is 72.9 cm³/mol. The van der Waals surface area contributed by atoms with Crippen LogP contribution in [0.2, 0.25) is 0 Å². The highest BCUT2D eigenvalue weighted by Crippen LogP contribution is 2.52. The second-order valence-electron chi connectivity index (χ2n) is 4.06. The molecule has 2 aromatic rings. The van der Waals surface area contributed by atoms with Crippen molar-refractivity contribution in [2.45, 2.75) is 0 Å². The van der Waals surface area contributed by atoms with Gasteiger partial charge < -0.3 is 9.05 Å². The molecule has 0 heterocycles. The quantitative estimate of drug-likeness (QED) is 0.752. The lowest BCUT2D eigenvalue weighted by atomic mass is 10.3. The van der Waals surface area contributed by atoms with Crippen molar-refractivity contribution in [2.75, 3.05) is 13.3 Å². The maximum atomic E-state index is 5.89. The number of hydrogen-bond donors (Lipinski definition) is 0.